The van der Waals surface area contributed by atoms with Gasteiger partial charge in [-0.2, -0.15) is 0 Å². The zero-order valence-electron chi connectivity index (χ0n) is 10.5. The second kappa shape index (κ2) is 5.64. The second-order valence-electron chi connectivity index (χ2n) is 4.23. The van der Waals surface area contributed by atoms with Gasteiger partial charge in [-0.15, -0.1) is 0 Å². The number of carbonyl (C=O) groups is 1. The molecule has 2 aromatic rings. The van der Waals surface area contributed by atoms with E-state index < -0.39 is 0 Å². The standard InChI is InChI=1S/C13H18N4O/c1-2-15-13(18)10(8-14)7-11-9-17-6-4-3-5-12(17)16-11/h3-6,9-10H,2,7-8,14H2,1H3,(H,15,18). The van der Waals surface area contributed by atoms with Gasteiger partial charge in [0.15, 0.2) is 0 Å². The molecule has 2 aromatic heterocycles. The monoisotopic (exact) mass is 246 g/mol. The summed E-state index contributed by atoms with van der Waals surface area (Å²) in [4.78, 5) is 16.2. The van der Waals surface area contributed by atoms with Crippen LogP contribution in [-0.2, 0) is 11.2 Å². The van der Waals surface area contributed by atoms with E-state index >= 15 is 0 Å². The molecule has 2 heterocycles. The highest BCUT2D eigenvalue weighted by Gasteiger charge is 2.17. The van der Waals surface area contributed by atoms with E-state index in [0.717, 1.165) is 11.3 Å². The van der Waals surface area contributed by atoms with Gasteiger partial charge in [-0.1, -0.05) is 6.07 Å². The molecule has 2 rings (SSSR count). The van der Waals surface area contributed by atoms with Crippen LogP contribution in [0.3, 0.4) is 0 Å². The average Bonchev–Trinajstić information content (AvgIpc) is 2.78. The van der Waals surface area contributed by atoms with Crippen LogP contribution in [0, 0.1) is 5.92 Å². The topological polar surface area (TPSA) is 72.4 Å². The number of hydrogen-bond acceptors (Lipinski definition) is 3. The summed E-state index contributed by atoms with van der Waals surface area (Å²) >= 11 is 0. The average molecular weight is 246 g/mol. The third-order valence-corrected chi connectivity index (χ3v) is 2.88. The minimum Gasteiger partial charge on any atom is -0.356 e. The van der Waals surface area contributed by atoms with E-state index in [1.165, 1.54) is 0 Å². The van der Waals surface area contributed by atoms with Crippen molar-refractivity contribution < 1.29 is 4.79 Å². The summed E-state index contributed by atoms with van der Waals surface area (Å²) in [6.45, 7) is 2.86. The molecule has 0 saturated heterocycles. The smallest absolute Gasteiger partial charge is 0.224 e. The molecule has 0 aromatic carbocycles. The molecule has 1 atom stereocenters. The van der Waals surface area contributed by atoms with Crippen LogP contribution in [0.25, 0.3) is 5.65 Å². The molecule has 0 aliphatic heterocycles. The molecule has 0 fully saturated rings. The number of pyridine rings is 1. The zero-order valence-corrected chi connectivity index (χ0v) is 10.5. The van der Waals surface area contributed by atoms with Gasteiger partial charge < -0.3 is 15.5 Å². The number of rotatable bonds is 5. The highest BCUT2D eigenvalue weighted by atomic mass is 16.1. The van der Waals surface area contributed by atoms with E-state index in [9.17, 15) is 4.79 Å². The third kappa shape index (κ3) is 2.68. The molecular formula is C13H18N4O. The van der Waals surface area contributed by atoms with E-state index in [1.807, 2.05) is 41.9 Å². The van der Waals surface area contributed by atoms with Crippen molar-refractivity contribution in [2.24, 2.45) is 11.7 Å². The summed E-state index contributed by atoms with van der Waals surface area (Å²) in [6.07, 6.45) is 4.45. The lowest BCUT2D eigenvalue weighted by molar-refractivity contribution is -0.124. The minimum atomic E-state index is -0.213. The normalized spacial score (nSPS) is 12.6. The molecule has 1 amide bonds. The van der Waals surface area contributed by atoms with Gasteiger partial charge in [-0.05, 0) is 19.1 Å². The lowest BCUT2D eigenvalue weighted by atomic mass is 10.0. The number of amides is 1. The molecule has 0 aliphatic rings. The van der Waals surface area contributed by atoms with Gasteiger partial charge in [0.05, 0.1) is 11.6 Å². The fourth-order valence-corrected chi connectivity index (χ4v) is 1.94. The van der Waals surface area contributed by atoms with Gasteiger partial charge in [0.25, 0.3) is 0 Å². The van der Waals surface area contributed by atoms with Gasteiger partial charge >= 0.3 is 0 Å². The molecule has 5 heteroatoms. The van der Waals surface area contributed by atoms with Crippen molar-refractivity contribution >= 4 is 11.6 Å². The lowest BCUT2D eigenvalue weighted by Crippen LogP contribution is -2.36. The first-order chi connectivity index (χ1) is 8.74. The van der Waals surface area contributed by atoms with E-state index in [1.54, 1.807) is 0 Å². The molecule has 0 radical (unpaired) electrons. The van der Waals surface area contributed by atoms with Crippen molar-refractivity contribution in [3.63, 3.8) is 0 Å². The largest absolute Gasteiger partial charge is 0.356 e. The zero-order chi connectivity index (χ0) is 13.0. The van der Waals surface area contributed by atoms with Crippen LogP contribution in [0.1, 0.15) is 12.6 Å². The molecule has 0 saturated carbocycles. The van der Waals surface area contributed by atoms with Gasteiger partial charge in [0, 0.05) is 31.9 Å². The Hall–Kier alpha value is -1.88. The first-order valence-corrected chi connectivity index (χ1v) is 6.15. The maximum atomic E-state index is 11.8. The Morgan fingerprint density at radius 3 is 3.06 bits per heavy atom. The maximum absolute atomic E-state index is 11.8. The lowest BCUT2D eigenvalue weighted by Gasteiger charge is -2.12. The van der Waals surface area contributed by atoms with Gasteiger partial charge in [0.1, 0.15) is 5.65 Å². The molecule has 96 valence electrons. The number of nitrogens with one attached hydrogen (secondary N) is 1. The molecule has 0 bridgehead atoms. The number of imidazole rings is 1. The van der Waals surface area contributed by atoms with Crippen LogP contribution in [0.4, 0.5) is 0 Å². The maximum Gasteiger partial charge on any atom is 0.224 e. The van der Waals surface area contributed by atoms with Crippen LogP contribution in [0.2, 0.25) is 0 Å². The predicted octanol–water partition coefficient (Wildman–Crippen LogP) is 0.588. The van der Waals surface area contributed by atoms with Crippen molar-refractivity contribution in [2.75, 3.05) is 13.1 Å². The van der Waals surface area contributed by atoms with E-state index in [2.05, 4.69) is 10.3 Å². The Balaban J connectivity index is 2.13. The number of nitrogens with two attached hydrogens (primary N) is 1. The van der Waals surface area contributed by atoms with Crippen LogP contribution >= 0.6 is 0 Å². The number of aromatic nitrogens is 2. The molecule has 0 spiro atoms. The number of nitrogens with zero attached hydrogens (tertiary/aromatic N) is 2. The Bertz CT molecular complexity index is 502. The highest BCUT2D eigenvalue weighted by molar-refractivity contribution is 5.79. The summed E-state index contributed by atoms with van der Waals surface area (Å²) in [7, 11) is 0. The predicted molar refractivity (Wildman–Crippen MR) is 70.1 cm³/mol. The summed E-state index contributed by atoms with van der Waals surface area (Å²) in [5.74, 6) is -0.216. The van der Waals surface area contributed by atoms with E-state index in [0.29, 0.717) is 19.5 Å². The van der Waals surface area contributed by atoms with Crippen LogP contribution in [0.5, 0.6) is 0 Å². The SMILES string of the molecule is CCNC(=O)C(CN)Cc1cn2ccccc2n1. The highest BCUT2D eigenvalue weighted by Crippen LogP contribution is 2.10. The van der Waals surface area contributed by atoms with Crippen LogP contribution in [0.15, 0.2) is 30.6 Å². The van der Waals surface area contributed by atoms with Crippen molar-refractivity contribution in [3.05, 3.63) is 36.3 Å². The Labute approximate surface area is 106 Å². The first kappa shape index (κ1) is 12.6. The molecule has 1 unspecified atom stereocenters. The van der Waals surface area contributed by atoms with Gasteiger partial charge in [-0.25, -0.2) is 4.98 Å². The summed E-state index contributed by atoms with van der Waals surface area (Å²) in [5, 5.41) is 2.80. The number of fused-ring (bicyclic) bond motifs is 1. The molecule has 18 heavy (non-hydrogen) atoms. The molecule has 3 N–H and O–H groups in total. The fourth-order valence-electron chi connectivity index (χ4n) is 1.94. The Morgan fingerprint density at radius 2 is 2.39 bits per heavy atom. The third-order valence-electron chi connectivity index (χ3n) is 2.88. The number of hydrogen-bond donors (Lipinski definition) is 2. The van der Waals surface area contributed by atoms with E-state index in [4.69, 9.17) is 5.73 Å². The number of carbonyl (C=O) groups excluding carboxylic acids is 1. The minimum absolute atomic E-state index is 0.00273. The molecular weight excluding hydrogens is 228 g/mol. The van der Waals surface area contributed by atoms with Crippen molar-refractivity contribution in [1.29, 1.82) is 0 Å². The quantitative estimate of drug-likeness (QED) is 0.811. The molecule has 5 nitrogen and oxygen atoms in total. The summed E-state index contributed by atoms with van der Waals surface area (Å²) in [6, 6.07) is 5.83. The van der Waals surface area contributed by atoms with Crippen LogP contribution in [-0.4, -0.2) is 28.4 Å². The first-order valence-electron chi connectivity index (χ1n) is 6.15. The van der Waals surface area contributed by atoms with Crippen LogP contribution < -0.4 is 11.1 Å². The van der Waals surface area contributed by atoms with Gasteiger partial charge in [0.2, 0.25) is 5.91 Å². The van der Waals surface area contributed by atoms with Crippen molar-refractivity contribution in [3.8, 4) is 0 Å². The van der Waals surface area contributed by atoms with E-state index in [-0.39, 0.29) is 11.8 Å². The van der Waals surface area contributed by atoms with Gasteiger partial charge in [-0.3, -0.25) is 4.79 Å². The fraction of sp³-hybridized carbons (Fsp3) is 0.385. The summed E-state index contributed by atoms with van der Waals surface area (Å²) in [5.41, 5.74) is 7.43. The second-order valence-corrected chi connectivity index (χ2v) is 4.23. The van der Waals surface area contributed by atoms with Crippen molar-refractivity contribution in [2.45, 2.75) is 13.3 Å². The Kier molecular flexibility index (Phi) is 3.94. The Morgan fingerprint density at radius 1 is 1.56 bits per heavy atom. The van der Waals surface area contributed by atoms with Crippen molar-refractivity contribution in [1.82, 2.24) is 14.7 Å². The molecule has 0 aliphatic carbocycles. The summed E-state index contributed by atoms with van der Waals surface area (Å²) < 4.78 is 1.95.